The Morgan fingerprint density at radius 1 is 1.50 bits per heavy atom. The van der Waals surface area contributed by atoms with Gasteiger partial charge < -0.3 is 20.9 Å². The topological polar surface area (TPSA) is 61.6 Å². The molecule has 1 saturated heterocycles. The van der Waals surface area contributed by atoms with Crippen molar-refractivity contribution >= 4 is 5.91 Å². The third-order valence-corrected chi connectivity index (χ3v) is 4.36. The largest absolute Gasteiger partial charge is 0.368 e. The zero-order chi connectivity index (χ0) is 13.8. The molecular formula is C13H28N4O. The number of nitrogens with zero attached hydrogens (tertiary/aromatic N) is 2. The van der Waals surface area contributed by atoms with Crippen LogP contribution in [-0.4, -0.2) is 67.6 Å². The maximum atomic E-state index is 11.4. The molecule has 0 bridgehead atoms. The van der Waals surface area contributed by atoms with Crippen LogP contribution < -0.4 is 11.1 Å². The van der Waals surface area contributed by atoms with Crippen molar-refractivity contribution in [3.05, 3.63) is 0 Å². The zero-order valence-corrected chi connectivity index (χ0v) is 12.2. The van der Waals surface area contributed by atoms with Crippen LogP contribution in [0.25, 0.3) is 0 Å². The predicted octanol–water partition coefficient (Wildman–Crippen LogP) is -0.134. The van der Waals surface area contributed by atoms with Crippen molar-refractivity contribution in [2.75, 3.05) is 40.3 Å². The molecule has 0 aliphatic carbocycles. The van der Waals surface area contributed by atoms with E-state index in [-0.39, 0.29) is 5.91 Å². The SMILES string of the molecule is CCC1CN(CCC(C)(NC)C(N)=O)CCN1C. The van der Waals surface area contributed by atoms with E-state index in [1.807, 2.05) is 6.92 Å². The lowest BCUT2D eigenvalue weighted by Gasteiger charge is -2.40. The van der Waals surface area contributed by atoms with Crippen LogP contribution in [0.1, 0.15) is 26.7 Å². The van der Waals surface area contributed by atoms with E-state index in [0.717, 1.165) is 32.6 Å². The van der Waals surface area contributed by atoms with Gasteiger partial charge in [0.2, 0.25) is 5.91 Å². The number of nitrogens with two attached hydrogens (primary N) is 1. The first-order chi connectivity index (χ1) is 8.42. The number of rotatable bonds is 6. The molecule has 0 radical (unpaired) electrons. The Labute approximate surface area is 111 Å². The molecule has 2 unspecified atom stereocenters. The molecule has 5 nitrogen and oxygen atoms in total. The molecule has 1 aliphatic rings. The molecule has 1 rings (SSSR count). The summed E-state index contributed by atoms with van der Waals surface area (Å²) < 4.78 is 0. The van der Waals surface area contributed by atoms with E-state index in [4.69, 9.17) is 5.73 Å². The van der Waals surface area contributed by atoms with Gasteiger partial charge in [-0.1, -0.05) is 6.92 Å². The molecule has 0 spiro atoms. The average Bonchev–Trinajstić information content (AvgIpc) is 2.37. The summed E-state index contributed by atoms with van der Waals surface area (Å²) in [5.74, 6) is -0.272. The Morgan fingerprint density at radius 2 is 2.17 bits per heavy atom. The van der Waals surface area contributed by atoms with Gasteiger partial charge in [-0.05, 0) is 33.9 Å². The number of carbonyl (C=O) groups excluding carboxylic acids is 1. The van der Waals surface area contributed by atoms with Crippen LogP contribution in [0.2, 0.25) is 0 Å². The van der Waals surface area contributed by atoms with Crippen molar-refractivity contribution in [3.63, 3.8) is 0 Å². The van der Waals surface area contributed by atoms with Crippen LogP contribution in [-0.2, 0) is 4.79 Å². The van der Waals surface area contributed by atoms with Gasteiger partial charge in [-0.25, -0.2) is 0 Å². The standard InChI is InChI=1S/C13H28N4O/c1-5-11-10-17(9-8-16(11)4)7-6-13(2,15-3)12(14)18/h11,15H,5-10H2,1-4H3,(H2,14,18). The van der Waals surface area contributed by atoms with Gasteiger partial charge in [-0.2, -0.15) is 0 Å². The number of hydrogen-bond donors (Lipinski definition) is 2. The smallest absolute Gasteiger partial charge is 0.237 e. The second kappa shape index (κ2) is 6.50. The minimum atomic E-state index is -0.592. The van der Waals surface area contributed by atoms with E-state index in [1.54, 1.807) is 7.05 Å². The maximum absolute atomic E-state index is 11.4. The normalized spacial score (nSPS) is 25.9. The van der Waals surface area contributed by atoms with Crippen molar-refractivity contribution in [2.24, 2.45) is 5.73 Å². The van der Waals surface area contributed by atoms with Gasteiger partial charge in [0.05, 0.1) is 5.54 Å². The van der Waals surface area contributed by atoms with Crippen LogP contribution >= 0.6 is 0 Å². The first kappa shape index (κ1) is 15.4. The quantitative estimate of drug-likeness (QED) is 0.695. The molecule has 18 heavy (non-hydrogen) atoms. The molecule has 0 aromatic heterocycles. The van der Waals surface area contributed by atoms with E-state index >= 15 is 0 Å². The third kappa shape index (κ3) is 3.67. The Balaban J connectivity index is 2.46. The first-order valence-corrected chi connectivity index (χ1v) is 6.84. The van der Waals surface area contributed by atoms with Gasteiger partial charge in [0, 0.05) is 32.2 Å². The second-order valence-electron chi connectivity index (χ2n) is 5.54. The van der Waals surface area contributed by atoms with Crippen molar-refractivity contribution < 1.29 is 4.79 Å². The zero-order valence-electron chi connectivity index (χ0n) is 12.2. The third-order valence-electron chi connectivity index (χ3n) is 4.36. The summed E-state index contributed by atoms with van der Waals surface area (Å²) in [7, 11) is 3.98. The Morgan fingerprint density at radius 3 is 2.67 bits per heavy atom. The summed E-state index contributed by atoms with van der Waals surface area (Å²) in [6.45, 7) is 8.29. The molecule has 5 heteroatoms. The van der Waals surface area contributed by atoms with E-state index in [2.05, 4.69) is 29.1 Å². The Bertz CT molecular complexity index is 284. The average molecular weight is 256 g/mol. The van der Waals surface area contributed by atoms with Crippen LogP contribution in [0.5, 0.6) is 0 Å². The molecule has 0 aromatic carbocycles. The van der Waals surface area contributed by atoms with Gasteiger partial charge in [-0.3, -0.25) is 4.79 Å². The predicted molar refractivity (Wildman–Crippen MR) is 74.4 cm³/mol. The van der Waals surface area contributed by atoms with Crippen LogP contribution in [0, 0.1) is 0 Å². The summed E-state index contributed by atoms with van der Waals surface area (Å²) >= 11 is 0. The molecule has 2 atom stereocenters. The lowest BCUT2D eigenvalue weighted by atomic mass is 9.96. The summed E-state index contributed by atoms with van der Waals surface area (Å²) in [5.41, 5.74) is 4.85. The van der Waals surface area contributed by atoms with E-state index in [1.165, 1.54) is 6.42 Å². The van der Waals surface area contributed by atoms with E-state index in [9.17, 15) is 4.79 Å². The van der Waals surface area contributed by atoms with Crippen molar-refractivity contribution in [1.29, 1.82) is 0 Å². The van der Waals surface area contributed by atoms with E-state index < -0.39 is 5.54 Å². The Kier molecular flexibility index (Phi) is 5.56. The second-order valence-corrected chi connectivity index (χ2v) is 5.54. The van der Waals surface area contributed by atoms with Crippen molar-refractivity contribution in [3.8, 4) is 0 Å². The lowest BCUT2D eigenvalue weighted by Crippen LogP contribution is -2.55. The van der Waals surface area contributed by atoms with Crippen LogP contribution in [0.4, 0.5) is 0 Å². The highest BCUT2D eigenvalue weighted by atomic mass is 16.1. The fourth-order valence-corrected chi connectivity index (χ4v) is 2.41. The first-order valence-electron chi connectivity index (χ1n) is 6.84. The minimum absolute atomic E-state index is 0.272. The lowest BCUT2D eigenvalue weighted by molar-refractivity contribution is -0.124. The van der Waals surface area contributed by atoms with Crippen LogP contribution in [0.3, 0.4) is 0 Å². The Hall–Kier alpha value is -0.650. The van der Waals surface area contributed by atoms with E-state index in [0.29, 0.717) is 6.04 Å². The van der Waals surface area contributed by atoms with Gasteiger partial charge in [0.25, 0.3) is 0 Å². The molecule has 0 aromatic rings. The van der Waals surface area contributed by atoms with Crippen molar-refractivity contribution in [2.45, 2.75) is 38.3 Å². The van der Waals surface area contributed by atoms with Crippen LogP contribution in [0.15, 0.2) is 0 Å². The summed E-state index contributed by atoms with van der Waals surface area (Å²) in [6.07, 6.45) is 1.94. The van der Waals surface area contributed by atoms with Gasteiger partial charge in [0.1, 0.15) is 0 Å². The highest BCUT2D eigenvalue weighted by Crippen LogP contribution is 2.14. The molecule has 1 heterocycles. The van der Waals surface area contributed by atoms with Crippen molar-refractivity contribution in [1.82, 2.24) is 15.1 Å². The number of piperazine rings is 1. The molecule has 1 fully saturated rings. The highest BCUT2D eigenvalue weighted by Gasteiger charge is 2.30. The molecule has 106 valence electrons. The molecule has 1 aliphatic heterocycles. The monoisotopic (exact) mass is 256 g/mol. The highest BCUT2D eigenvalue weighted by molar-refractivity contribution is 5.84. The number of hydrogen-bond acceptors (Lipinski definition) is 4. The number of carbonyl (C=O) groups is 1. The summed E-state index contributed by atoms with van der Waals surface area (Å²) in [4.78, 5) is 16.3. The number of primary amides is 1. The van der Waals surface area contributed by atoms with Gasteiger partial charge >= 0.3 is 0 Å². The summed E-state index contributed by atoms with van der Waals surface area (Å²) in [6, 6.07) is 0.633. The maximum Gasteiger partial charge on any atom is 0.237 e. The molecule has 1 amide bonds. The number of nitrogens with one attached hydrogen (secondary N) is 1. The fraction of sp³-hybridized carbons (Fsp3) is 0.923. The number of amides is 1. The summed E-state index contributed by atoms with van der Waals surface area (Å²) in [5, 5.41) is 3.04. The molecular weight excluding hydrogens is 228 g/mol. The van der Waals surface area contributed by atoms with Gasteiger partial charge in [-0.15, -0.1) is 0 Å². The minimum Gasteiger partial charge on any atom is -0.368 e. The number of likely N-dealkylation sites (N-methyl/N-ethyl adjacent to an activating group) is 2. The molecule has 3 N–H and O–H groups in total. The molecule has 0 saturated carbocycles. The van der Waals surface area contributed by atoms with Gasteiger partial charge in [0.15, 0.2) is 0 Å². The fourth-order valence-electron chi connectivity index (χ4n) is 2.41.